The average Bonchev–Trinajstić information content (AvgIpc) is 3.90. The number of nitrogen functional groups attached to an aromatic ring is 1. The summed E-state index contributed by atoms with van der Waals surface area (Å²) < 4.78 is 27.6. The molecule has 7 N–H and O–H groups in total. The third-order valence-electron chi connectivity index (χ3n) is 6.51. The summed E-state index contributed by atoms with van der Waals surface area (Å²) in [4.78, 5) is 19.7. The fraction of sp³-hybridized carbons (Fsp3) is 0.419. The van der Waals surface area contributed by atoms with Crippen molar-refractivity contribution in [2.45, 2.75) is 56.7 Å². The van der Waals surface area contributed by atoms with Gasteiger partial charge in [0.2, 0.25) is 5.82 Å². The van der Waals surface area contributed by atoms with Gasteiger partial charge < -0.3 is 41.4 Å². The summed E-state index contributed by atoms with van der Waals surface area (Å²) in [5.74, 6) is 0.846. The molecule has 3 fully saturated rings. The molecule has 0 atom stereocenters. The molecular weight excluding hydrogens is 603 g/mol. The summed E-state index contributed by atoms with van der Waals surface area (Å²) >= 11 is 0. The van der Waals surface area contributed by atoms with Crippen molar-refractivity contribution in [2.75, 3.05) is 44.8 Å². The largest absolute Gasteiger partial charge is 0.497 e. The second-order valence-corrected chi connectivity index (χ2v) is 10.3. The van der Waals surface area contributed by atoms with Gasteiger partial charge in [-0.15, -0.1) is 0 Å². The number of anilines is 3. The van der Waals surface area contributed by atoms with Crippen molar-refractivity contribution in [3.8, 4) is 17.2 Å². The normalized spacial score (nSPS) is 14.1. The van der Waals surface area contributed by atoms with Crippen LogP contribution in [0.2, 0.25) is 0 Å². The third-order valence-corrected chi connectivity index (χ3v) is 6.51. The molecule has 0 heterocycles. The van der Waals surface area contributed by atoms with Crippen molar-refractivity contribution in [1.82, 2.24) is 0 Å². The fourth-order valence-electron chi connectivity index (χ4n) is 3.46. The molecule has 0 amide bonds. The van der Waals surface area contributed by atoms with Gasteiger partial charge in [-0.2, -0.15) is 4.39 Å². The van der Waals surface area contributed by atoms with Gasteiger partial charge in [0, 0.05) is 55.6 Å². The number of methoxy groups -OCH3 is 3. The van der Waals surface area contributed by atoms with Crippen LogP contribution in [-0.2, 0) is 0 Å². The predicted octanol–water partition coefficient (Wildman–Crippen LogP) is 5.49. The number of nitrogens with two attached hydrogens (primary N) is 2. The third kappa shape index (κ3) is 13.4. The van der Waals surface area contributed by atoms with Gasteiger partial charge in [0.15, 0.2) is 0 Å². The Morgan fingerprint density at radius 3 is 1.50 bits per heavy atom. The van der Waals surface area contributed by atoms with Crippen molar-refractivity contribution >= 4 is 28.4 Å². The summed E-state index contributed by atoms with van der Waals surface area (Å²) in [7, 11) is 5.56. The van der Waals surface area contributed by atoms with Gasteiger partial charge in [0.25, 0.3) is 5.69 Å². The smallest absolute Gasteiger partial charge is 0.305 e. The summed E-state index contributed by atoms with van der Waals surface area (Å²) in [5, 5.41) is 34.4. The summed E-state index contributed by atoms with van der Waals surface area (Å²) in [6.07, 6.45) is 7.18. The highest BCUT2D eigenvalue weighted by Crippen LogP contribution is 2.33. The van der Waals surface area contributed by atoms with Crippen molar-refractivity contribution < 1.29 is 33.6 Å². The lowest BCUT2D eigenvalue weighted by molar-refractivity contribution is -0.387. The van der Waals surface area contributed by atoms with Gasteiger partial charge in [0.05, 0.1) is 42.6 Å². The fourth-order valence-corrected chi connectivity index (χ4v) is 3.46. The lowest BCUT2D eigenvalue weighted by atomic mass is 10.2. The van der Waals surface area contributed by atoms with Gasteiger partial charge in [-0.05, 0) is 62.8 Å². The molecule has 0 bridgehead atoms. The van der Waals surface area contributed by atoms with Gasteiger partial charge in [-0.3, -0.25) is 20.2 Å². The molecule has 3 aliphatic carbocycles. The van der Waals surface area contributed by atoms with Crippen LogP contribution in [0.25, 0.3) is 0 Å². The number of nitro groups is 2. The molecule has 0 radical (unpaired) electrons. The van der Waals surface area contributed by atoms with Crippen LogP contribution >= 0.6 is 0 Å². The zero-order valence-corrected chi connectivity index (χ0v) is 26.4. The average molecular weight is 647 g/mol. The number of hydrogen-bond acceptors (Lipinski definition) is 12. The maximum Gasteiger partial charge on any atom is 0.305 e. The second kappa shape index (κ2) is 18.8. The number of ether oxygens (including phenoxy) is 3. The number of nitrogens with one attached hydrogen (secondary N) is 2. The Labute approximate surface area is 267 Å². The Kier molecular flexibility index (Phi) is 15.3. The van der Waals surface area contributed by atoms with E-state index in [1.807, 2.05) is 18.2 Å². The lowest BCUT2D eigenvalue weighted by Gasteiger charge is -2.09. The highest BCUT2D eigenvalue weighted by Gasteiger charge is 2.25. The lowest BCUT2D eigenvalue weighted by Crippen LogP contribution is -2.04. The van der Waals surface area contributed by atoms with Crippen LogP contribution in [0.1, 0.15) is 38.5 Å². The molecule has 0 saturated heterocycles. The number of nitrogens with zero attached hydrogens (tertiary/aromatic N) is 2. The Balaban J connectivity index is 0.000000221. The highest BCUT2D eigenvalue weighted by atomic mass is 19.1. The molecule has 14 nitrogen and oxygen atoms in total. The molecule has 252 valence electrons. The SMILES string of the molecule is CO.COc1ccc(N)c(NC2CC2)c1.COc1ccc([N+](=O)[O-])c(F)c1.COc1ccc([N+](=O)[O-])c(NC2CC2)c1.NC1CC1. The van der Waals surface area contributed by atoms with E-state index in [4.69, 9.17) is 26.0 Å². The molecule has 0 unspecified atom stereocenters. The number of halogens is 1. The molecule has 3 aliphatic rings. The molecule has 0 aromatic heterocycles. The summed E-state index contributed by atoms with van der Waals surface area (Å²) in [5.41, 5.74) is 12.9. The van der Waals surface area contributed by atoms with Gasteiger partial charge >= 0.3 is 5.69 Å². The number of aliphatic hydroxyl groups is 1. The highest BCUT2D eigenvalue weighted by molar-refractivity contribution is 5.69. The zero-order chi connectivity index (χ0) is 34.2. The van der Waals surface area contributed by atoms with E-state index in [1.54, 1.807) is 26.4 Å². The molecule has 3 aromatic rings. The maximum atomic E-state index is 12.8. The van der Waals surface area contributed by atoms with Crippen LogP contribution in [0.3, 0.4) is 0 Å². The number of aliphatic hydroxyl groups excluding tert-OH is 1. The topological polar surface area (TPSA) is 210 Å². The number of benzene rings is 3. The van der Waals surface area contributed by atoms with Crippen molar-refractivity contribution in [1.29, 1.82) is 0 Å². The number of nitro benzene ring substituents is 2. The van der Waals surface area contributed by atoms with Crippen LogP contribution in [0, 0.1) is 26.0 Å². The van der Waals surface area contributed by atoms with Gasteiger partial charge in [-0.25, -0.2) is 0 Å². The second-order valence-electron chi connectivity index (χ2n) is 10.3. The van der Waals surface area contributed by atoms with E-state index in [1.165, 1.54) is 44.9 Å². The van der Waals surface area contributed by atoms with Crippen LogP contribution < -0.4 is 36.3 Å². The van der Waals surface area contributed by atoms with Crippen molar-refractivity contribution in [2.24, 2.45) is 5.73 Å². The Morgan fingerprint density at radius 1 is 0.717 bits per heavy atom. The maximum absolute atomic E-state index is 12.8. The van der Waals surface area contributed by atoms with Crippen LogP contribution in [0.5, 0.6) is 17.2 Å². The monoisotopic (exact) mass is 646 g/mol. The Bertz CT molecular complexity index is 1420. The summed E-state index contributed by atoms with van der Waals surface area (Å²) in [6, 6.07) is 15.3. The van der Waals surface area contributed by atoms with E-state index in [9.17, 15) is 24.6 Å². The summed E-state index contributed by atoms with van der Waals surface area (Å²) in [6.45, 7) is 0. The molecule has 0 aliphatic heterocycles. The molecule has 3 saturated carbocycles. The van der Waals surface area contributed by atoms with Gasteiger partial charge in [0.1, 0.15) is 22.9 Å². The minimum atomic E-state index is -0.889. The van der Waals surface area contributed by atoms with Crippen LogP contribution in [0.4, 0.5) is 32.8 Å². The first-order valence-electron chi connectivity index (χ1n) is 14.5. The standard InChI is InChI=1S/C10H12N2O3.C10H14N2O.C7H6FNO3.C3H7N.CH4O/c1-15-8-4-5-10(12(13)14)9(6-8)11-7-2-3-7;1-13-8-4-5-9(11)10(6-8)12-7-2-3-7;1-12-5-2-3-7(9(10)11)6(8)4-5;4-3-1-2-3;1-2/h4-7,11H,2-3H2,1H3;4-7,12H,2-3,11H2,1H3;2-4H,1H3;3H,1-2,4H2;2H,1H3. The molecule has 15 heteroatoms. The molecule has 6 rings (SSSR count). The van der Waals surface area contributed by atoms with E-state index in [2.05, 4.69) is 15.4 Å². The van der Waals surface area contributed by atoms with Crippen LogP contribution in [-0.4, -0.2) is 61.5 Å². The number of rotatable bonds is 9. The first-order valence-corrected chi connectivity index (χ1v) is 14.5. The molecule has 0 spiro atoms. The van der Waals surface area contributed by atoms with Crippen molar-refractivity contribution in [3.63, 3.8) is 0 Å². The quantitative estimate of drug-likeness (QED) is 0.111. The van der Waals surface area contributed by atoms with Crippen molar-refractivity contribution in [3.05, 3.63) is 80.6 Å². The molecule has 46 heavy (non-hydrogen) atoms. The van der Waals surface area contributed by atoms with Crippen LogP contribution in [0.15, 0.2) is 54.6 Å². The van der Waals surface area contributed by atoms with E-state index < -0.39 is 16.4 Å². The van der Waals surface area contributed by atoms with E-state index >= 15 is 0 Å². The Hall–Kier alpha value is -4.89. The van der Waals surface area contributed by atoms with E-state index in [-0.39, 0.29) is 16.4 Å². The Morgan fingerprint density at radius 2 is 1.11 bits per heavy atom. The minimum Gasteiger partial charge on any atom is -0.497 e. The van der Waals surface area contributed by atoms with Gasteiger partial charge in [-0.1, -0.05) is 0 Å². The minimum absolute atomic E-state index is 0.0997. The van der Waals surface area contributed by atoms with E-state index in [0.717, 1.165) is 49.2 Å². The first kappa shape index (κ1) is 37.3. The molecule has 3 aromatic carbocycles. The zero-order valence-electron chi connectivity index (χ0n) is 26.4. The number of hydrogen-bond donors (Lipinski definition) is 5. The van der Waals surface area contributed by atoms with E-state index in [0.29, 0.717) is 29.6 Å². The predicted molar refractivity (Wildman–Crippen MR) is 175 cm³/mol. The molecular formula is C31H43FN6O8. The first-order chi connectivity index (χ1) is 22.0.